The summed E-state index contributed by atoms with van der Waals surface area (Å²) in [5.74, 6) is 7.12. The molecule has 0 fully saturated rings. The average Bonchev–Trinajstić information content (AvgIpc) is 3.32. The minimum Gasteiger partial charge on any atom is -0.382 e. The van der Waals surface area contributed by atoms with Crippen LogP contribution in [0.4, 0.5) is 5.82 Å². The number of benzene rings is 1. The summed E-state index contributed by atoms with van der Waals surface area (Å²) < 4.78 is 1.93. The first-order valence-electron chi connectivity index (χ1n) is 9.01. The second-order valence-corrected chi connectivity index (χ2v) is 6.85. The fourth-order valence-corrected chi connectivity index (χ4v) is 3.53. The van der Waals surface area contributed by atoms with E-state index in [1.807, 2.05) is 53.2 Å². The van der Waals surface area contributed by atoms with Gasteiger partial charge in [0.1, 0.15) is 11.3 Å². The summed E-state index contributed by atoms with van der Waals surface area (Å²) in [6.07, 6.45) is 5.77. The number of hydrogen-bond donors (Lipinski definition) is 2. The summed E-state index contributed by atoms with van der Waals surface area (Å²) >= 11 is 0. The van der Waals surface area contributed by atoms with Gasteiger partial charge in [0.05, 0.1) is 5.69 Å². The molecule has 0 bridgehead atoms. The molecule has 4 heterocycles. The Labute approximate surface area is 161 Å². The lowest BCUT2D eigenvalue weighted by Crippen LogP contribution is -2.20. The second kappa shape index (κ2) is 6.19. The molecule has 0 amide bonds. The van der Waals surface area contributed by atoms with Crippen LogP contribution in [0.5, 0.6) is 0 Å². The third kappa shape index (κ3) is 2.70. The molecule has 0 saturated carbocycles. The van der Waals surface area contributed by atoms with Gasteiger partial charge < -0.3 is 15.4 Å². The number of aromatic nitrogens is 4. The SMILES string of the molecule is Nc1nccc2ccc(-c3cccc(C#CC4(O)CCn5ccnc54)c3)nc12. The van der Waals surface area contributed by atoms with Gasteiger partial charge >= 0.3 is 0 Å². The minimum atomic E-state index is -1.21. The average molecular weight is 367 g/mol. The van der Waals surface area contributed by atoms with Crippen LogP contribution in [0, 0.1) is 11.8 Å². The lowest BCUT2D eigenvalue weighted by Gasteiger charge is -2.12. The van der Waals surface area contributed by atoms with E-state index in [0.29, 0.717) is 23.6 Å². The molecule has 6 heteroatoms. The number of nitrogen functional groups attached to an aromatic ring is 1. The van der Waals surface area contributed by atoms with Gasteiger partial charge in [-0.2, -0.15) is 0 Å². The molecule has 136 valence electrons. The largest absolute Gasteiger partial charge is 0.382 e. The molecule has 0 spiro atoms. The zero-order chi connectivity index (χ0) is 19.1. The molecule has 1 unspecified atom stereocenters. The van der Waals surface area contributed by atoms with Gasteiger partial charge in [-0.15, -0.1) is 0 Å². The van der Waals surface area contributed by atoms with E-state index in [2.05, 4.69) is 26.8 Å². The summed E-state index contributed by atoms with van der Waals surface area (Å²) in [6.45, 7) is 0.719. The number of nitrogens with zero attached hydrogens (tertiary/aromatic N) is 4. The number of fused-ring (bicyclic) bond motifs is 2. The number of aliphatic hydroxyl groups is 1. The number of hydrogen-bond acceptors (Lipinski definition) is 5. The smallest absolute Gasteiger partial charge is 0.185 e. The quantitative estimate of drug-likeness (QED) is 0.505. The van der Waals surface area contributed by atoms with Crippen LogP contribution in [0.2, 0.25) is 0 Å². The molecule has 3 N–H and O–H groups in total. The Balaban J connectivity index is 1.51. The summed E-state index contributed by atoms with van der Waals surface area (Å²) in [6, 6.07) is 13.6. The predicted molar refractivity (Wildman–Crippen MR) is 107 cm³/mol. The van der Waals surface area contributed by atoms with E-state index in [-0.39, 0.29) is 0 Å². The molecule has 0 aliphatic carbocycles. The highest BCUT2D eigenvalue weighted by atomic mass is 16.3. The molecule has 0 radical (unpaired) electrons. The maximum atomic E-state index is 10.8. The summed E-state index contributed by atoms with van der Waals surface area (Å²) in [5.41, 5.74) is 7.97. The van der Waals surface area contributed by atoms with Crippen molar-refractivity contribution in [1.82, 2.24) is 19.5 Å². The van der Waals surface area contributed by atoms with Crippen molar-refractivity contribution in [3.05, 3.63) is 72.4 Å². The van der Waals surface area contributed by atoms with Crippen LogP contribution in [0.25, 0.3) is 22.2 Å². The van der Waals surface area contributed by atoms with E-state index in [1.165, 1.54) is 0 Å². The normalized spacial score (nSPS) is 17.9. The van der Waals surface area contributed by atoms with Crippen LogP contribution in [0.15, 0.2) is 61.1 Å². The van der Waals surface area contributed by atoms with Gasteiger partial charge in [-0.05, 0) is 24.3 Å². The van der Waals surface area contributed by atoms with Gasteiger partial charge in [-0.25, -0.2) is 15.0 Å². The Morgan fingerprint density at radius 1 is 1.11 bits per heavy atom. The molecular formula is C22H17N5O. The van der Waals surface area contributed by atoms with Crippen molar-refractivity contribution < 1.29 is 5.11 Å². The van der Waals surface area contributed by atoms with Crippen molar-refractivity contribution in [2.45, 2.75) is 18.6 Å². The molecule has 4 aromatic rings. The van der Waals surface area contributed by atoms with Crippen molar-refractivity contribution in [2.75, 3.05) is 5.73 Å². The molecule has 1 aliphatic rings. The van der Waals surface area contributed by atoms with E-state index in [9.17, 15) is 5.11 Å². The van der Waals surface area contributed by atoms with E-state index in [0.717, 1.165) is 28.8 Å². The van der Waals surface area contributed by atoms with Gasteiger partial charge in [-0.1, -0.05) is 30.0 Å². The maximum Gasteiger partial charge on any atom is 0.185 e. The predicted octanol–water partition coefficient (Wildman–Crippen LogP) is 2.72. The fraction of sp³-hybridized carbons (Fsp3) is 0.136. The Morgan fingerprint density at radius 3 is 2.96 bits per heavy atom. The lowest BCUT2D eigenvalue weighted by molar-refractivity contribution is 0.0980. The highest BCUT2D eigenvalue weighted by Crippen LogP contribution is 2.30. The highest BCUT2D eigenvalue weighted by Gasteiger charge is 2.36. The van der Waals surface area contributed by atoms with Crippen molar-refractivity contribution >= 4 is 16.7 Å². The van der Waals surface area contributed by atoms with Crippen molar-refractivity contribution in [3.8, 4) is 23.1 Å². The molecule has 1 aliphatic heterocycles. The standard InChI is InChI=1S/C22H17N5O/c23-20-19-16(7-10-24-20)4-5-18(26-19)17-3-1-2-15(14-17)6-8-22(28)9-12-27-13-11-25-21(22)27/h1-5,7,10-11,13-14,28H,9,12H2,(H2,23,24). The molecular weight excluding hydrogens is 350 g/mol. The highest BCUT2D eigenvalue weighted by molar-refractivity contribution is 5.88. The molecule has 3 aromatic heterocycles. The van der Waals surface area contributed by atoms with Crippen LogP contribution in [0.3, 0.4) is 0 Å². The Kier molecular flexibility index (Phi) is 3.64. The Morgan fingerprint density at radius 2 is 2.04 bits per heavy atom. The number of pyridine rings is 2. The number of anilines is 1. The molecule has 1 aromatic carbocycles. The molecule has 28 heavy (non-hydrogen) atoms. The van der Waals surface area contributed by atoms with E-state index < -0.39 is 5.60 Å². The number of aryl methyl sites for hydroxylation is 1. The molecule has 0 saturated heterocycles. The summed E-state index contributed by atoms with van der Waals surface area (Å²) in [7, 11) is 0. The lowest BCUT2D eigenvalue weighted by atomic mass is 10.0. The van der Waals surface area contributed by atoms with Crippen LogP contribution in [-0.4, -0.2) is 24.6 Å². The van der Waals surface area contributed by atoms with Crippen LogP contribution in [-0.2, 0) is 12.1 Å². The Hall–Kier alpha value is -3.69. The zero-order valence-electron chi connectivity index (χ0n) is 15.0. The maximum absolute atomic E-state index is 10.8. The van der Waals surface area contributed by atoms with Crippen molar-refractivity contribution in [2.24, 2.45) is 0 Å². The Bertz CT molecular complexity index is 1270. The molecule has 6 nitrogen and oxygen atoms in total. The minimum absolute atomic E-state index is 0.411. The third-order valence-electron chi connectivity index (χ3n) is 5.01. The summed E-state index contributed by atoms with van der Waals surface area (Å²) in [5, 5.41) is 11.8. The first-order valence-corrected chi connectivity index (χ1v) is 9.01. The zero-order valence-corrected chi connectivity index (χ0v) is 15.0. The first-order chi connectivity index (χ1) is 13.6. The van der Waals surface area contributed by atoms with Gasteiger partial charge in [0.2, 0.25) is 0 Å². The fourth-order valence-electron chi connectivity index (χ4n) is 3.53. The van der Waals surface area contributed by atoms with Gasteiger partial charge in [0.15, 0.2) is 11.4 Å². The van der Waals surface area contributed by atoms with E-state index in [1.54, 1.807) is 12.4 Å². The monoisotopic (exact) mass is 367 g/mol. The first kappa shape index (κ1) is 16.5. The molecule has 1 atom stereocenters. The van der Waals surface area contributed by atoms with Crippen LogP contribution >= 0.6 is 0 Å². The van der Waals surface area contributed by atoms with Crippen LogP contribution in [0.1, 0.15) is 17.8 Å². The van der Waals surface area contributed by atoms with Crippen LogP contribution < -0.4 is 5.73 Å². The number of rotatable bonds is 1. The van der Waals surface area contributed by atoms with E-state index >= 15 is 0 Å². The molecule has 5 rings (SSSR count). The topological polar surface area (TPSA) is 89.8 Å². The number of imidazole rings is 1. The van der Waals surface area contributed by atoms with Crippen molar-refractivity contribution in [1.29, 1.82) is 0 Å². The third-order valence-corrected chi connectivity index (χ3v) is 5.01. The van der Waals surface area contributed by atoms with Gasteiger partial charge in [0.25, 0.3) is 0 Å². The summed E-state index contributed by atoms with van der Waals surface area (Å²) in [4.78, 5) is 13.0. The van der Waals surface area contributed by atoms with Gasteiger partial charge in [0, 0.05) is 48.1 Å². The second-order valence-electron chi connectivity index (χ2n) is 6.85. The number of nitrogens with two attached hydrogens (primary N) is 1. The van der Waals surface area contributed by atoms with Crippen molar-refractivity contribution in [3.63, 3.8) is 0 Å². The van der Waals surface area contributed by atoms with E-state index in [4.69, 9.17) is 5.73 Å². The van der Waals surface area contributed by atoms with Gasteiger partial charge in [-0.3, -0.25) is 0 Å².